The van der Waals surface area contributed by atoms with Crippen LogP contribution in [0, 0.1) is 5.92 Å². The fourth-order valence-corrected chi connectivity index (χ4v) is 5.79. The predicted octanol–water partition coefficient (Wildman–Crippen LogP) is 5.40. The number of carbonyl (C=O) groups is 1. The van der Waals surface area contributed by atoms with Gasteiger partial charge in [-0.15, -0.1) is 0 Å². The number of nitrogens with zero attached hydrogens (tertiary/aromatic N) is 6. The first-order chi connectivity index (χ1) is 19.0. The van der Waals surface area contributed by atoms with Gasteiger partial charge >= 0.3 is 0 Å². The zero-order valence-electron chi connectivity index (χ0n) is 22.9. The quantitative estimate of drug-likeness (QED) is 0.335. The van der Waals surface area contributed by atoms with Gasteiger partial charge in [-0.25, -0.2) is 19.9 Å². The maximum Gasteiger partial charge on any atom is 0.223 e. The standard InChI is InChI=1S/C30H36N8O/c1-19(2)14-27(39)38-13-5-7-26(38)30-34-18-24(36-30)22-15-31-28(32-16-22)21-10-8-20(9-11-21)23-17-33-29(35-23)25-6-4-12-37(25)3/h8-11,15-19,25-26H,4-7,12-14H2,1-3H3,(H,33,35)(H,34,36)/t25-,26-/m0/s1. The minimum atomic E-state index is 0.00808. The van der Waals surface area contributed by atoms with Crippen LogP contribution in [0.15, 0.2) is 49.1 Å². The van der Waals surface area contributed by atoms with Crippen LogP contribution in [0.1, 0.15) is 69.7 Å². The van der Waals surface area contributed by atoms with E-state index in [-0.39, 0.29) is 11.9 Å². The van der Waals surface area contributed by atoms with E-state index in [2.05, 4.69) is 67.8 Å². The molecule has 0 aliphatic carbocycles. The van der Waals surface area contributed by atoms with E-state index in [0.717, 1.165) is 72.1 Å². The lowest BCUT2D eigenvalue weighted by atomic mass is 10.1. The number of hydrogen-bond donors (Lipinski definition) is 2. The number of amides is 1. The second kappa shape index (κ2) is 10.7. The van der Waals surface area contributed by atoms with E-state index in [0.29, 0.717) is 24.2 Å². The van der Waals surface area contributed by atoms with E-state index >= 15 is 0 Å². The molecular weight excluding hydrogens is 488 g/mol. The summed E-state index contributed by atoms with van der Waals surface area (Å²) in [5.41, 5.74) is 4.80. The molecule has 202 valence electrons. The SMILES string of the molecule is CC(C)CC(=O)N1CCC[C@H]1c1ncc(-c2cnc(-c3ccc(-c4cnc([C@@H]5CCCN5C)[nH]4)cc3)nc2)[nH]1. The van der Waals surface area contributed by atoms with Crippen molar-refractivity contribution in [2.75, 3.05) is 20.1 Å². The molecule has 2 saturated heterocycles. The van der Waals surface area contributed by atoms with Gasteiger partial charge in [-0.1, -0.05) is 38.1 Å². The number of H-pyrrole nitrogens is 2. The molecule has 1 amide bonds. The first-order valence-electron chi connectivity index (χ1n) is 14.0. The summed E-state index contributed by atoms with van der Waals surface area (Å²) in [5, 5.41) is 0. The average molecular weight is 525 g/mol. The van der Waals surface area contributed by atoms with Crippen molar-refractivity contribution in [3.8, 4) is 33.9 Å². The fraction of sp³-hybridized carbons (Fsp3) is 0.433. The van der Waals surface area contributed by atoms with Crippen molar-refractivity contribution in [2.24, 2.45) is 5.92 Å². The van der Waals surface area contributed by atoms with Gasteiger partial charge in [0.2, 0.25) is 5.91 Å². The van der Waals surface area contributed by atoms with Gasteiger partial charge in [-0.2, -0.15) is 0 Å². The number of benzene rings is 1. The van der Waals surface area contributed by atoms with Gasteiger partial charge in [0, 0.05) is 36.5 Å². The number of rotatable bonds is 7. The van der Waals surface area contributed by atoms with Gasteiger partial charge in [-0.3, -0.25) is 9.69 Å². The van der Waals surface area contributed by atoms with Gasteiger partial charge in [0.15, 0.2) is 5.82 Å². The lowest BCUT2D eigenvalue weighted by Crippen LogP contribution is -2.31. The topological polar surface area (TPSA) is 107 Å². The van der Waals surface area contributed by atoms with Crippen molar-refractivity contribution in [3.05, 3.63) is 60.7 Å². The van der Waals surface area contributed by atoms with Crippen LogP contribution in [0.25, 0.3) is 33.9 Å². The molecule has 0 saturated carbocycles. The zero-order chi connectivity index (χ0) is 26.9. The molecular formula is C30H36N8O. The Morgan fingerprint density at radius 3 is 2.05 bits per heavy atom. The van der Waals surface area contributed by atoms with Crippen LogP contribution >= 0.6 is 0 Å². The molecule has 2 fully saturated rings. The van der Waals surface area contributed by atoms with Crippen molar-refractivity contribution in [1.29, 1.82) is 0 Å². The number of nitrogens with one attached hydrogen (secondary N) is 2. The molecule has 2 aliphatic heterocycles. The third-order valence-electron chi connectivity index (χ3n) is 7.92. The molecule has 2 atom stereocenters. The highest BCUT2D eigenvalue weighted by Gasteiger charge is 2.32. The number of likely N-dealkylation sites (tertiary alicyclic amines) is 2. The van der Waals surface area contributed by atoms with E-state index in [4.69, 9.17) is 0 Å². The largest absolute Gasteiger partial charge is 0.341 e. The molecule has 0 bridgehead atoms. The van der Waals surface area contributed by atoms with Gasteiger partial charge in [0.25, 0.3) is 0 Å². The summed E-state index contributed by atoms with van der Waals surface area (Å²) in [6.07, 6.45) is 12.2. The highest BCUT2D eigenvalue weighted by atomic mass is 16.2. The number of aromatic amines is 2. The molecule has 2 aliphatic rings. The van der Waals surface area contributed by atoms with E-state index in [9.17, 15) is 4.79 Å². The zero-order valence-corrected chi connectivity index (χ0v) is 22.9. The second-order valence-corrected chi connectivity index (χ2v) is 11.2. The Bertz CT molecular complexity index is 1420. The highest BCUT2D eigenvalue weighted by molar-refractivity contribution is 5.77. The summed E-state index contributed by atoms with van der Waals surface area (Å²) < 4.78 is 0. The molecule has 0 spiro atoms. The Balaban J connectivity index is 1.13. The van der Waals surface area contributed by atoms with Gasteiger partial charge < -0.3 is 14.9 Å². The number of hydrogen-bond acceptors (Lipinski definition) is 6. The monoisotopic (exact) mass is 524 g/mol. The summed E-state index contributed by atoms with van der Waals surface area (Å²) in [6.45, 7) is 6.07. The predicted molar refractivity (Wildman–Crippen MR) is 150 cm³/mol. The normalized spacial score (nSPS) is 19.8. The molecule has 3 aromatic heterocycles. The third-order valence-corrected chi connectivity index (χ3v) is 7.92. The lowest BCUT2D eigenvalue weighted by molar-refractivity contribution is -0.133. The second-order valence-electron chi connectivity index (χ2n) is 11.2. The Morgan fingerprint density at radius 2 is 1.41 bits per heavy atom. The summed E-state index contributed by atoms with van der Waals surface area (Å²) >= 11 is 0. The van der Waals surface area contributed by atoms with Crippen LogP contribution in [0.5, 0.6) is 0 Å². The Labute approximate surface area is 229 Å². The molecule has 39 heavy (non-hydrogen) atoms. The van der Waals surface area contributed by atoms with Crippen molar-refractivity contribution >= 4 is 5.91 Å². The Morgan fingerprint density at radius 1 is 0.821 bits per heavy atom. The van der Waals surface area contributed by atoms with Crippen LogP contribution in [0.2, 0.25) is 0 Å². The maximum absolute atomic E-state index is 12.7. The molecule has 6 rings (SSSR count). The van der Waals surface area contributed by atoms with Crippen LogP contribution < -0.4 is 0 Å². The van der Waals surface area contributed by atoms with Gasteiger partial charge in [-0.05, 0) is 50.8 Å². The van der Waals surface area contributed by atoms with E-state index in [1.165, 1.54) is 6.42 Å². The third kappa shape index (κ3) is 5.23. The molecule has 9 heteroatoms. The molecule has 1 aromatic carbocycles. The van der Waals surface area contributed by atoms with Crippen molar-refractivity contribution in [1.82, 2.24) is 39.7 Å². The summed E-state index contributed by atoms with van der Waals surface area (Å²) in [5.74, 6) is 3.10. The lowest BCUT2D eigenvalue weighted by Gasteiger charge is -2.24. The fourth-order valence-electron chi connectivity index (χ4n) is 5.79. The van der Waals surface area contributed by atoms with Crippen LogP contribution in [-0.4, -0.2) is 65.7 Å². The van der Waals surface area contributed by atoms with Crippen LogP contribution in [-0.2, 0) is 4.79 Å². The maximum atomic E-state index is 12.7. The number of imidazole rings is 2. The number of aromatic nitrogens is 6. The molecule has 2 N–H and O–H groups in total. The first kappa shape index (κ1) is 25.4. The molecule has 9 nitrogen and oxygen atoms in total. The first-order valence-corrected chi connectivity index (χ1v) is 14.0. The smallest absolute Gasteiger partial charge is 0.223 e. The van der Waals surface area contributed by atoms with Crippen molar-refractivity contribution in [2.45, 2.75) is 58.0 Å². The molecule has 4 aromatic rings. The summed E-state index contributed by atoms with van der Waals surface area (Å²) in [4.78, 5) is 42.5. The summed E-state index contributed by atoms with van der Waals surface area (Å²) in [7, 11) is 2.16. The van der Waals surface area contributed by atoms with Crippen LogP contribution in [0.3, 0.4) is 0 Å². The minimum absolute atomic E-state index is 0.00808. The van der Waals surface area contributed by atoms with E-state index < -0.39 is 0 Å². The minimum Gasteiger partial charge on any atom is -0.341 e. The molecule has 0 unspecified atom stereocenters. The highest BCUT2D eigenvalue weighted by Crippen LogP contribution is 2.33. The molecule has 0 radical (unpaired) electrons. The Kier molecular flexibility index (Phi) is 6.99. The summed E-state index contributed by atoms with van der Waals surface area (Å²) in [6, 6.07) is 8.64. The van der Waals surface area contributed by atoms with Crippen molar-refractivity contribution < 1.29 is 4.79 Å². The Hall–Kier alpha value is -3.85. The average Bonchev–Trinajstić information content (AvgIpc) is 3.75. The molecule has 5 heterocycles. The van der Waals surface area contributed by atoms with Gasteiger partial charge in [0.05, 0.1) is 35.9 Å². The van der Waals surface area contributed by atoms with E-state index in [1.54, 1.807) is 0 Å². The van der Waals surface area contributed by atoms with Crippen LogP contribution in [0.4, 0.5) is 0 Å². The number of carbonyl (C=O) groups excluding carboxylic acids is 1. The van der Waals surface area contributed by atoms with Gasteiger partial charge in [0.1, 0.15) is 11.6 Å². The van der Waals surface area contributed by atoms with Crippen molar-refractivity contribution in [3.63, 3.8) is 0 Å². The van der Waals surface area contributed by atoms with E-state index in [1.807, 2.05) is 41.8 Å².